The minimum Gasteiger partial charge on any atom is -0.493 e. The number of para-hydroxylation sites is 1. The lowest BCUT2D eigenvalue weighted by Gasteiger charge is -2.41. The molecule has 131 valence electrons. The van der Waals surface area contributed by atoms with Crippen LogP contribution in [-0.4, -0.2) is 32.6 Å². The molecule has 1 atom stereocenters. The lowest BCUT2D eigenvalue weighted by Crippen LogP contribution is -2.35. The summed E-state index contributed by atoms with van der Waals surface area (Å²) in [4.78, 5) is 0. The Labute approximate surface area is 157 Å². The third-order valence-electron chi connectivity index (χ3n) is 4.70. The van der Waals surface area contributed by atoms with Crippen molar-refractivity contribution in [3.05, 3.63) is 96.1 Å². The molecule has 3 aromatic rings. The van der Waals surface area contributed by atoms with Crippen LogP contribution in [0.15, 0.2) is 84.9 Å². The first-order chi connectivity index (χ1) is 12.5. The fourth-order valence-corrected chi connectivity index (χ4v) is 5.97. The molecule has 0 spiro atoms. The van der Waals surface area contributed by atoms with Gasteiger partial charge in [0.05, 0.1) is 18.6 Å². The molecule has 2 nitrogen and oxygen atoms in total. The van der Waals surface area contributed by atoms with Crippen LogP contribution in [0.1, 0.15) is 11.1 Å². The highest BCUT2D eigenvalue weighted by Gasteiger charge is 2.38. The molecule has 1 N–H and O–H groups in total. The zero-order valence-electron chi connectivity index (χ0n) is 15.2. The summed E-state index contributed by atoms with van der Waals surface area (Å²) in [5.41, 5.74) is 0.524. The molecule has 0 bridgehead atoms. The molecule has 1 unspecified atom stereocenters. The number of hydrogen-bond donors (Lipinski definition) is 1. The van der Waals surface area contributed by atoms with Crippen molar-refractivity contribution in [3.8, 4) is 5.75 Å². The van der Waals surface area contributed by atoms with Gasteiger partial charge in [0.1, 0.15) is 5.60 Å². The average Bonchev–Trinajstić information content (AvgIpc) is 2.69. The molecule has 3 radical (unpaired) electrons. The monoisotopic (exact) mass is 361 g/mol. The van der Waals surface area contributed by atoms with Crippen LogP contribution >= 0.6 is 7.14 Å². The van der Waals surface area contributed by atoms with Crippen molar-refractivity contribution < 1.29 is 9.84 Å². The Morgan fingerprint density at radius 2 is 1.31 bits per heavy atom. The number of benzene rings is 3. The van der Waals surface area contributed by atoms with Crippen molar-refractivity contribution in [2.75, 3.05) is 19.9 Å². The molecular formula is C22H23BO2P. The second-order valence-electron chi connectivity index (χ2n) is 6.69. The Morgan fingerprint density at radius 1 is 0.846 bits per heavy atom. The molecule has 4 heteroatoms. The molecule has 0 amide bonds. The van der Waals surface area contributed by atoms with Crippen LogP contribution in [0.4, 0.5) is 0 Å². The fourth-order valence-electron chi connectivity index (χ4n) is 3.39. The van der Waals surface area contributed by atoms with Gasteiger partial charge in [0.15, 0.2) is 5.75 Å². The molecule has 0 saturated heterocycles. The van der Waals surface area contributed by atoms with E-state index in [1.807, 2.05) is 91.6 Å². The Kier molecular flexibility index (Phi) is 5.51. The fraction of sp³-hybridized carbons (Fsp3) is 0.182. The van der Waals surface area contributed by atoms with Gasteiger partial charge >= 0.3 is 0 Å². The number of aliphatic hydroxyl groups is 1. The van der Waals surface area contributed by atoms with Crippen molar-refractivity contribution in [1.82, 2.24) is 0 Å². The summed E-state index contributed by atoms with van der Waals surface area (Å²) >= 11 is 0. The normalized spacial score (nSPS) is 13.8. The SMILES string of the molecule is [B-][P+](C)(CC(O)(c1ccccc1)c1ccccc1)c1ccccc1OC. The lowest BCUT2D eigenvalue weighted by molar-refractivity contribution is 0.106. The molecule has 0 fully saturated rings. The van der Waals surface area contributed by atoms with Crippen LogP contribution in [0.5, 0.6) is 5.75 Å². The summed E-state index contributed by atoms with van der Waals surface area (Å²) < 4.78 is 5.52. The van der Waals surface area contributed by atoms with Gasteiger partial charge in [0, 0.05) is 6.66 Å². The second-order valence-corrected chi connectivity index (χ2v) is 10.0. The first-order valence-electron chi connectivity index (χ1n) is 8.58. The van der Waals surface area contributed by atoms with E-state index in [2.05, 4.69) is 0 Å². The Hall–Kier alpha value is -2.09. The van der Waals surface area contributed by atoms with E-state index in [1.54, 1.807) is 7.11 Å². The molecule has 0 aromatic heterocycles. The van der Waals surface area contributed by atoms with E-state index in [4.69, 9.17) is 12.3 Å². The Balaban J connectivity index is 2.09. The largest absolute Gasteiger partial charge is 0.493 e. The summed E-state index contributed by atoms with van der Waals surface area (Å²) in [5.74, 6) is 0.773. The summed E-state index contributed by atoms with van der Waals surface area (Å²) in [6, 6.07) is 27.3. The molecule has 26 heavy (non-hydrogen) atoms. The van der Waals surface area contributed by atoms with Crippen molar-refractivity contribution in [2.45, 2.75) is 5.60 Å². The van der Waals surface area contributed by atoms with Gasteiger partial charge in [0.2, 0.25) is 0 Å². The maximum Gasteiger partial charge on any atom is 0.156 e. The standard InChI is InChI=1S/C22H23BO2P/c1-25-20-15-9-10-16-21(20)26(2,23)17-22(24,18-11-5-3-6-12-18)19-13-7-4-8-14-19/h3-16,24H,17H2,1-2H3. The van der Waals surface area contributed by atoms with Gasteiger partial charge in [-0.05, 0) is 23.3 Å². The highest BCUT2D eigenvalue weighted by atomic mass is 31.2. The van der Waals surface area contributed by atoms with E-state index in [0.29, 0.717) is 6.16 Å². The van der Waals surface area contributed by atoms with Gasteiger partial charge in [-0.3, -0.25) is 7.57 Å². The molecule has 3 aromatic carbocycles. The maximum atomic E-state index is 11.8. The number of rotatable bonds is 6. The first-order valence-corrected chi connectivity index (χ1v) is 11.1. The van der Waals surface area contributed by atoms with Crippen LogP contribution in [0.25, 0.3) is 0 Å². The third kappa shape index (κ3) is 3.70. The van der Waals surface area contributed by atoms with Crippen LogP contribution in [-0.2, 0) is 5.60 Å². The van der Waals surface area contributed by atoms with Gasteiger partial charge in [0.25, 0.3) is 0 Å². The first kappa shape index (κ1) is 18.7. The molecule has 0 heterocycles. The summed E-state index contributed by atoms with van der Waals surface area (Å²) in [6.45, 7) is 2.04. The highest BCUT2D eigenvalue weighted by Crippen LogP contribution is 2.56. The topological polar surface area (TPSA) is 29.5 Å². The average molecular weight is 361 g/mol. The van der Waals surface area contributed by atoms with Crippen LogP contribution < -0.4 is 10.0 Å². The van der Waals surface area contributed by atoms with E-state index in [1.165, 1.54) is 0 Å². The number of methoxy groups -OCH3 is 1. The van der Waals surface area contributed by atoms with Crippen molar-refractivity contribution >= 4 is 20.0 Å². The van der Waals surface area contributed by atoms with Crippen LogP contribution in [0, 0.1) is 0 Å². The van der Waals surface area contributed by atoms with Crippen LogP contribution in [0.2, 0.25) is 0 Å². The Morgan fingerprint density at radius 3 is 1.81 bits per heavy atom. The number of ether oxygens (including phenoxy) is 1. The highest BCUT2D eigenvalue weighted by molar-refractivity contribution is 8.02. The van der Waals surface area contributed by atoms with Gasteiger partial charge in [-0.15, -0.1) is 0 Å². The van der Waals surface area contributed by atoms with Gasteiger partial charge in [-0.25, -0.2) is 7.14 Å². The summed E-state index contributed by atoms with van der Waals surface area (Å²) in [5, 5.41) is 12.8. The number of hydrogen-bond acceptors (Lipinski definition) is 2. The summed E-state index contributed by atoms with van der Waals surface area (Å²) in [7, 11) is 6.32. The smallest absolute Gasteiger partial charge is 0.156 e. The van der Waals surface area contributed by atoms with Crippen molar-refractivity contribution in [3.63, 3.8) is 0 Å². The van der Waals surface area contributed by atoms with E-state index in [0.717, 1.165) is 22.2 Å². The molecule has 0 saturated carbocycles. The third-order valence-corrected chi connectivity index (χ3v) is 7.28. The maximum absolute atomic E-state index is 11.8. The molecule has 3 rings (SSSR count). The van der Waals surface area contributed by atoms with E-state index in [-0.39, 0.29) is 0 Å². The molecule has 0 aliphatic heterocycles. The minimum absolute atomic E-state index is 0.425. The van der Waals surface area contributed by atoms with Gasteiger partial charge in [-0.2, -0.15) is 0 Å². The molecule has 0 aliphatic carbocycles. The summed E-state index contributed by atoms with van der Waals surface area (Å²) in [6.07, 6.45) is 0.425. The minimum atomic E-state index is -2.18. The predicted octanol–water partition coefficient (Wildman–Crippen LogP) is 3.99. The zero-order valence-corrected chi connectivity index (χ0v) is 16.1. The zero-order chi connectivity index (χ0) is 18.6. The van der Waals surface area contributed by atoms with E-state index < -0.39 is 12.7 Å². The van der Waals surface area contributed by atoms with E-state index >= 15 is 0 Å². The van der Waals surface area contributed by atoms with Crippen molar-refractivity contribution in [1.29, 1.82) is 0 Å². The molecular weight excluding hydrogens is 338 g/mol. The second kappa shape index (κ2) is 7.66. The quantitative estimate of drug-likeness (QED) is 0.532. The Bertz CT molecular complexity index is 811. The lowest BCUT2D eigenvalue weighted by atomic mass is 9.88. The van der Waals surface area contributed by atoms with Gasteiger partial charge in [-0.1, -0.05) is 72.8 Å². The van der Waals surface area contributed by atoms with Crippen molar-refractivity contribution in [2.24, 2.45) is 0 Å². The predicted molar refractivity (Wildman–Crippen MR) is 112 cm³/mol. The van der Waals surface area contributed by atoms with E-state index in [9.17, 15) is 5.11 Å². The van der Waals surface area contributed by atoms with Gasteiger partial charge < -0.3 is 9.84 Å². The van der Waals surface area contributed by atoms with Crippen LogP contribution in [0.3, 0.4) is 0 Å². The molecule has 0 aliphatic rings.